The third-order valence-corrected chi connectivity index (χ3v) is 5.64. The summed E-state index contributed by atoms with van der Waals surface area (Å²) in [6, 6.07) is 10.6. The van der Waals surface area contributed by atoms with Crippen molar-refractivity contribution >= 4 is 16.8 Å². The number of amides is 1. The number of benzene rings is 2. The normalized spacial score (nSPS) is 14.5. The van der Waals surface area contributed by atoms with Crippen molar-refractivity contribution in [1.29, 1.82) is 0 Å². The fraction of sp³-hybridized carbons (Fsp3) is 0.333. The summed E-state index contributed by atoms with van der Waals surface area (Å²) < 4.78 is 35.2. The van der Waals surface area contributed by atoms with Gasteiger partial charge in [0, 0.05) is 18.3 Å². The first-order valence-electron chi connectivity index (χ1n) is 10.4. The monoisotopic (exact) mass is 426 g/mol. The zero-order valence-electron chi connectivity index (χ0n) is 17.5. The molecular formula is C24H24F2N2O3. The summed E-state index contributed by atoms with van der Waals surface area (Å²) in [5.41, 5.74) is 0.619. The molecule has 0 radical (unpaired) electrons. The van der Waals surface area contributed by atoms with E-state index in [0.717, 1.165) is 30.9 Å². The molecule has 1 atom stereocenters. The van der Waals surface area contributed by atoms with Crippen molar-refractivity contribution in [1.82, 2.24) is 9.88 Å². The van der Waals surface area contributed by atoms with E-state index in [1.165, 1.54) is 13.3 Å². The highest BCUT2D eigenvalue weighted by molar-refractivity contribution is 5.98. The molecule has 1 N–H and O–H groups in total. The quantitative estimate of drug-likeness (QED) is 0.610. The van der Waals surface area contributed by atoms with Crippen molar-refractivity contribution in [2.75, 3.05) is 7.11 Å². The molecule has 1 aromatic heterocycles. The van der Waals surface area contributed by atoms with Crippen LogP contribution in [-0.4, -0.2) is 23.6 Å². The first-order valence-corrected chi connectivity index (χ1v) is 10.4. The number of hydrogen-bond donors (Lipinski definition) is 1. The number of aromatic nitrogens is 1. The Hall–Kier alpha value is -3.22. The summed E-state index contributed by atoms with van der Waals surface area (Å²) in [6.45, 7) is 1.87. The zero-order chi connectivity index (χ0) is 22.1. The van der Waals surface area contributed by atoms with Crippen LogP contribution in [0, 0.1) is 11.6 Å². The Morgan fingerprint density at radius 2 is 1.97 bits per heavy atom. The molecule has 1 aliphatic carbocycles. The Bertz CT molecular complexity index is 1190. The van der Waals surface area contributed by atoms with Gasteiger partial charge in [0.2, 0.25) is 11.2 Å². The molecule has 0 spiro atoms. The summed E-state index contributed by atoms with van der Waals surface area (Å²) in [6.07, 6.45) is 4.59. The van der Waals surface area contributed by atoms with Crippen LogP contribution in [0.2, 0.25) is 0 Å². The number of methoxy groups -OCH3 is 1. The second-order valence-electron chi connectivity index (χ2n) is 8.01. The molecule has 3 aromatic rings. The Balaban J connectivity index is 1.66. The molecule has 0 unspecified atom stereocenters. The third kappa shape index (κ3) is 4.17. The maximum absolute atomic E-state index is 14.3. The number of carbonyl (C=O) groups excluding carboxylic acids is 1. The molecule has 0 bridgehead atoms. The number of fused-ring (bicyclic) bond motifs is 1. The molecule has 4 rings (SSSR count). The number of aryl methyl sites for hydroxylation is 1. The molecule has 7 heteroatoms. The standard InChI is InChI=1S/C24H24F2N2O3/c1-14(8-9-15-6-4-3-5-7-15)27-24(30)18-13-28(16-10-11-16)21-17(22(18)29)12-19(25)20(26)23(21)31-2/h3-7,12-14,16H,8-11H2,1-2H3,(H,27,30)/t14-/m0/s1. The Kier molecular flexibility index (Phi) is 5.76. The van der Waals surface area contributed by atoms with Crippen LogP contribution in [0.3, 0.4) is 0 Å². The van der Waals surface area contributed by atoms with Gasteiger partial charge < -0.3 is 14.6 Å². The van der Waals surface area contributed by atoms with E-state index in [9.17, 15) is 18.4 Å². The smallest absolute Gasteiger partial charge is 0.256 e. The lowest BCUT2D eigenvalue weighted by atomic mass is 10.1. The maximum atomic E-state index is 14.3. The fourth-order valence-corrected chi connectivity index (χ4v) is 3.82. The van der Waals surface area contributed by atoms with E-state index < -0.39 is 23.0 Å². The molecular weight excluding hydrogens is 402 g/mol. The van der Waals surface area contributed by atoms with E-state index in [1.807, 2.05) is 37.3 Å². The number of hydrogen-bond acceptors (Lipinski definition) is 3. The molecule has 1 saturated carbocycles. The Morgan fingerprint density at radius 1 is 1.26 bits per heavy atom. The van der Waals surface area contributed by atoms with Crippen molar-refractivity contribution in [2.45, 2.75) is 44.7 Å². The lowest BCUT2D eigenvalue weighted by Gasteiger charge is -2.18. The van der Waals surface area contributed by atoms with Gasteiger partial charge in [0.15, 0.2) is 11.6 Å². The van der Waals surface area contributed by atoms with Gasteiger partial charge in [-0.05, 0) is 44.2 Å². The zero-order valence-corrected chi connectivity index (χ0v) is 17.5. The molecule has 0 saturated heterocycles. The van der Waals surface area contributed by atoms with Crippen molar-refractivity contribution in [2.24, 2.45) is 0 Å². The first-order chi connectivity index (χ1) is 14.9. The number of halogens is 2. The lowest BCUT2D eigenvalue weighted by molar-refractivity contribution is 0.0937. The molecule has 1 amide bonds. The van der Waals surface area contributed by atoms with E-state index in [1.54, 1.807) is 4.57 Å². The Labute approximate surface area is 178 Å². The summed E-state index contributed by atoms with van der Waals surface area (Å²) in [5, 5.41) is 2.80. The van der Waals surface area contributed by atoms with Gasteiger partial charge in [-0.15, -0.1) is 0 Å². The Morgan fingerprint density at radius 3 is 2.61 bits per heavy atom. The molecule has 1 aliphatic rings. The highest BCUT2D eigenvalue weighted by atomic mass is 19.2. The van der Waals surface area contributed by atoms with Gasteiger partial charge in [0.05, 0.1) is 18.0 Å². The van der Waals surface area contributed by atoms with Crippen LogP contribution in [0.4, 0.5) is 8.78 Å². The maximum Gasteiger partial charge on any atom is 0.256 e. The molecule has 0 aliphatic heterocycles. The number of ether oxygens (including phenoxy) is 1. The average Bonchev–Trinajstić information content (AvgIpc) is 3.60. The van der Waals surface area contributed by atoms with E-state index in [0.29, 0.717) is 6.42 Å². The number of rotatable bonds is 7. The van der Waals surface area contributed by atoms with Crippen LogP contribution in [-0.2, 0) is 6.42 Å². The molecule has 1 fully saturated rings. The highest BCUT2D eigenvalue weighted by Crippen LogP contribution is 2.40. The molecule has 1 heterocycles. The van der Waals surface area contributed by atoms with Crippen molar-refractivity contribution in [3.63, 3.8) is 0 Å². The van der Waals surface area contributed by atoms with E-state index in [2.05, 4.69) is 5.32 Å². The molecule has 5 nitrogen and oxygen atoms in total. The van der Waals surface area contributed by atoms with E-state index >= 15 is 0 Å². The fourth-order valence-electron chi connectivity index (χ4n) is 3.82. The van der Waals surface area contributed by atoms with Crippen LogP contribution >= 0.6 is 0 Å². The number of nitrogens with one attached hydrogen (secondary N) is 1. The van der Waals surface area contributed by atoms with Gasteiger partial charge in [-0.3, -0.25) is 9.59 Å². The van der Waals surface area contributed by atoms with Crippen LogP contribution in [0.1, 0.15) is 48.1 Å². The first kappa shape index (κ1) is 21.0. The van der Waals surface area contributed by atoms with Crippen molar-refractivity contribution in [3.8, 4) is 5.75 Å². The minimum absolute atomic E-state index is 0.0175. The van der Waals surface area contributed by atoms with Crippen molar-refractivity contribution in [3.05, 3.63) is 75.6 Å². The second kappa shape index (κ2) is 8.49. The van der Waals surface area contributed by atoms with Gasteiger partial charge in [-0.25, -0.2) is 4.39 Å². The number of pyridine rings is 1. The van der Waals surface area contributed by atoms with Gasteiger partial charge in [0.1, 0.15) is 5.56 Å². The van der Waals surface area contributed by atoms with Crippen LogP contribution in [0.15, 0.2) is 47.4 Å². The highest BCUT2D eigenvalue weighted by Gasteiger charge is 2.30. The minimum Gasteiger partial charge on any atom is -0.491 e. The average molecular weight is 426 g/mol. The van der Waals surface area contributed by atoms with Gasteiger partial charge in [-0.2, -0.15) is 4.39 Å². The van der Waals surface area contributed by atoms with Crippen molar-refractivity contribution < 1.29 is 18.3 Å². The van der Waals surface area contributed by atoms with E-state index in [4.69, 9.17) is 4.74 Å². The topological polar surface area (TPSA) is 60.3 Å². The van der Waals surface area contributed by atoms with Gasteiger partial charge in [0.25, 0.3) is 5.91 Å². The van der Waals surface area contributed by atoms with Gasteiger partial charge in [-0.1, -0.05) is 30.3 Å². The summed E-state index contributed by atoms with van der Waals surface area (Å²) in [4.78, 5) is 25.9. The van der Waals surface area contributed by atoms with E-state index in [-0.39, 0.29) is 34.3 Å². The van der Waals surface area contributed by atoms with Crippen LogP contribution < -0.4 is 15.5 Å². The summed E-state index contributed by atoms with van der Waals surface area (Å²) >= 11 is 0. The molecule has 31 heavy (non-hydrogen) atoms. The SMILES string of the molecule is COc1c(F)c(F)cc2c(=O)c(C(=O)N[C@@H](C)CCc3ccccc3)cn(C3CC3)c12. The van der Waals surface area contributed by atoms with Gasteiger partial charge >= 0.3 is 0 Å². The summed E-state index contributed by atoms with van der Waals surface area (Å²) in [7, 11) is 1.23. The predicted octanol–water partition coefficient (Wildman–Crippen LogP) is 4.37. The third-order valence-electron chi connectivity index (χ3n) is 5.64. The lowest BCUT2D eigenvalue weighted by Crippen LogP contribution is -2.36. The van der Waals surface area contributed by atoms with Crippen LogP contribution in [0.25, 0.3) is 10.9 Å². The number of nitrogens with zero attached hydrogens (tertiary/aromatic N) is 1. The minimum atomic E-state index is -1.18. The number of carbonyl (C=O) groups is 1. The second-order valence-corrected chi connectivity index (χ2v) is 8.01. The summed E-state index contributed by atoms with van der Waals surface area (Å²) in [5.74, 6) is -3.17. The molecule has 162 valence electrons. The predicted molar refractivity (Wildman–Crippen MR) is 115 cm³/mol. The van der Waals surface area contributed by atoms with Crippen LogP contribution in [0.5, 0.6) is 5.75 Å². The molecule has 2 aromatic carbocycles. The largest absolute Gasteiger partial charge is 0.491 e.